The number of nitrogens with zero attached hydrogens (tertiary/aromatic N) is 1. The summed E-state index contributed by atoms with van der Waals surface area (Å²) < 4.78 is 2.40. The Bertz CT molecular complexity index is 587. The molecule has 0 fully saturated rings. The van der Waals surface area contributed by atoms with Crippen LogP contribution in [-0.4, -0.2) is 4.98 Å². The number of aromatic nitrogens is 2. The zero-order valence-electron chi connectivity index (χ0n) is 18.3. The van der Waals surface area contributed by atoms with Gasteiger partial charge >= 0.3 is 0 Å². The third-order valence-electron chi connectivity index (χ3n) is 5.82. The average Bonchev–Trinajstić information content (AvgIpc) is 3.16. The number of H-pyrrole nitrogens is 1. The molecular formula is C26H43N2+. The highest BCUT2D eigenvalue weighted by Crippen LogP contribution is 2.13. The Morgan fingerprint density at radius 1 is 0.679 bits per heavy atom. The Balaban J connectivity index is 1.43. The summed E-state index contributed by atoms with van der Waals surface area (Å²) in [4.78, 5) is 3.42. The monoisotopic (exact) mass is 383 g/mol. The second-order valence-corrected chi connectivity index (χ2v) is 8.36. The number of aryl methyl sites for hydroxylation is 1. The fourth-order valence-electron chi connectivity index (χ4n) is 4.02. The van der Waals surface area contributed by atoms with Crippen LogP contribution in [0, 0.1) is 0 Å². The molecule has 1 heterocycles. The van der Waals surface area contributed by atoms with Gasteiger partial charge in [-0.2, -0.15) is 0 Å². The Morgan fingerprint density at radius 2 is 1.21 bits per heavy atom. The summed E-state index contributed by atoms with van der Waals surface area (Å²) in [7, 11) is 0. The van der Waals surface area contributed by atoms with E-state index < -0.39 is 0 Å². The molecule has 0 saturated heterocycles. The molecule has 2 aromatic rings. The van der Waals surface area contributed by atoms with Crippen LogP contribution in [-0.2, 0) is 13.0 Å². The van der Waals surface area contributed by atoms with Crippen molar-refractivity contribution in [2.75, 3.05) is 0 Å². The first-order valence-electron chi connectivity index (χ1n) is 12.0. The molecule has 2 nitrogen and oxygen atoms in total. The van der Waals surface area contributed by atoms with Gasteiger partial charge in [-0.15, -0.1) is 0 Å². The molecule has 0 unspecified atom stereocenters. The van der Waals surface area contributed by atoms with E-state index in [4.69, 9.17) is 0 Å². The SMILES string of the molecule is CCCCCCCCCCCCCCCC[n+]1cc[nH]c1Cc1ccccc1. The Kier molecular flexibility index (Phi) is 12.5. The quantitative estimate of drug-likeness (QED) is 0.217. The molecule has 0 radical (unpaired) electrons. The summed E-state index contributed by atoms with van der Waals surface area (Å²) in [5, 5.41) is 0. The molecule has 0 atom stereocenters. The van der Waals surface area contributed by atoms with Crippen molar-refractivity contribution in [1.82, 2.24) is 4.98 Å². The summed E-state index contributed by atoms with van der Waals surface area (Å²) in [5.41, 5.74) is 1.37. The maximum Gasteiger partial charge on any atom is 0.258 e. The van der Waals surface area contributed by atoms with Gasteiger partial charge in [0.2, 0.25) is 0 Å². The molecule has 0 amide bonds. The fraction of sp³-hybridized carbons (Fsp3) is 0.654. The molecule has 0 aliphatic rings. The first-order valence-corrected chi connectivity index (χ1v) is 12.0. The number of nitrogens with one attached hydrogen (secondary N) is 1. The lowest BCUT2D eigenvalue weighted by molar-refractivity contribution is -0.703. The number of aromatic amines is 1. The topological polar surface area (TPSA) is 19.7 Å². The number of hydrogen-bond acceptors (Lipinski definition) is 0. The lowest BCUT2D eigenvalue weighted by Crippen LogP contribution is -2.36. The summed E-state index contributed by atoms with van der Waals surface area (Å²) in [6, 6.07) is 10.7. The molecule has 0 spiro atoms. The van der Waals surface area contributed by atoms with Gasteiger partial charge in [0.15, 0.2) is 0 Å². The van der Waals surface area contributed by atoms with Gasteiger partial charge in [-0.1, -0.05) is 114 Å². The third kappa shape index (κ3) is 10.1. The summed E-state index contributed by atoms with van der Waals surface area (Å²) in [5.74, 6) is 1.32. The van der Waals surface area contributed by atoms with E-state index in [1.165, 1.54) is 101 Å². The normalized spacial score (nSPS) is 11.2. The summed E-state index contributed by atoms with van der Waals surface area (Å²) >= 11 is 0. The van der Waals surface area contributed by atoms with E-state index in [0.717, 1.165) is 13.0 Å². The molecule has 1 N–H and O–H groups in total. The minimum absolute atomic E-state index is 0.993. The highest BCUT2D eigenvalue weighted by atomic mass is 15.1. The maximum atomic E-state index is 3.42. The number of rotatable bonds is 17. The predicted octanol–water partition coefficient (Wildman–Crippen LogP) is 7.37. The van der Waals surface area contributed by atoms with Crippen LogP contribution in [0.3, 0.4) is 0 Å². The van der Waals surface area contributed by atoms with E-state index in [2.05, 4.69) is 59.2 Å². The van der Waals surface area contributed by atoms with Gasteiger partial charge in [0, 0.05) is 0 Å². The first kappa shape index (κ1) is 22.7. The molecule has 156 valence electrons. The van der Waals surface area contributed by atoms with Crippen molar-refractivity contribution in [1.29, 1.82) is 0 Å². The number of hydrogen-bond donors (Lipinski definition) is 1. The van der Waals surface area contributed by atoms with E-state index >= 15 is 0 Å². The van der Waals surface area contributed by atoms with Gasteiger partial charge in [-0.3, -0.25) is 0 Å². The van der Waals surface area contributed by atoms with Crippen LogP contribution < -0.4 is 4.57 Å². The van der Waals surface area contributed by atoms with E-state index in [9.17, 15) is 0 Å². The number of unbranched alkanes of at least 4 members (excludes halogenated alkanes) is 13. The van der Waals surface area contributed by atoms with Gasteiger partial charge in [0.1, 0.15) is 12.4 Å². The van der Waals surface area contributed by atoms with Gasteiger partial charge in [0.25, 0.3) is 5.82 Å². The minimum Gasteiger partial charge on any atom is -0.247 e. The zero-order valence-corrected chi connectivity index (χ0v) is 18.3. The van der Waals surface area contributed by atoms with Crippen LogP contribution in [0.4, 0.5) is 0 Å². The highest BCUT2D eigenvalue weighted by Gasteiger charge is 2.10. The predicted molar refractivity (Wildman–Crippen MR) is 121 cm³/mol. The van der Waals surface area contributed by atoms with Crippen molar-refractivity contribution < 1.29 is 4.57 Å². The van der Waals surface area contributed by atoms with Crippen molar-refractivity contribution in [2.24, 2.45) is 0 Å². The highest BCUT2D eigenvalue weighted by molar-refractivity contribution is 5.17. The molecule has 0 aliphatic carbocycles. The molecule has 1 aromatic carbocycles. The van der Waals surface area contributed by atoms with E-state index in [1.54, 1.807) is 0 Å². The summed E-state index contributed by atoms with van der Waals surface area (Å²) in [6.45, 7) is 3.44. The van der Waals surface area contributed by atoms with Gasteiger partial charge in [0.05, 0.1) is 13.0 Å². The van der Waals surface area contributed by atoms with Gasteiger partial charge in [-0.25, -0.2) is 9.55 Å². The zero-order chi connectivity index (χ0) is 19.7. The van der Waals surface area contributed by atoms with Crippen LogP contribution in [0.2, 0.25) is 0 Å². The van der Waals surface area contributed by atoms with E-state index in [-0.39, 0.29) is 0 Å². The van der Waals surface area contributed by atoms with E-state index in [0.29, 0.717) is 0 Å². The Hall–Kier alpha value is -1.57. The first-order chi connectivity index (χ1) is 13.9. The number of imidazole rings is 1. The van der Waals surface area contributed by atoms with Crippen LogP contribution >= 0.6 is 0 Å². The Morgan fingerprint density at radius 3 is 1.79 bits per heavy atom. The lowest BCUT2D eigenvalue weighted by atomic mass is 10.0. The standard InChI is InChI=1S/C26H42N2/c1-2-3-4-5-6-7-8-9-10-11-12-13-14-18-22-28-23-21-27-26(28)24-25-19-16-15-17-20-25/h15-17,19-21,23H,2-14,18,22,24H2,1H3/p+1. The van der Waals surface area contributed by atoms with Gasteiger partial charge in [-0.05, 0) is 18.4 Å². The average molecular weight is 384 g/mol. The van der Waals surface area contributed by atoms with Crippen LogP contribution in [0.5, 0.6) is 0 Å². The molecule has 0 saturated carbocycles. The van der Waals surface area contributed by atoms with Gasteiger partial charge < -0.3 is 0 Å². The molecule has 2 heteroatoms. The van der Waals surface area contributed by atoms with Crippen LogP contribution in [0.25, 0.3) is 0 Å². The minimum atomic E-state index is 0.993. The molecule has 1 aromatic heterocycles. The van der Waals surface area contributed by atoms with Crippen molar-refractivity contribution in [2.45, 2.75) is 110 Å². The lowest BCUT2D eigenvalue weighted by Gasteiger charge is -2.04. The van der Waals surface area contributed by atoms with Crippen LogP contribution in [0.1, 0.15) is 108 Å². The van der Waals surface area contributed by atoms with Crippen molar-refractivity contribution >= 4 is 0 Å². The van der Waals surface area contributed by atoms with Crippen molar-refractivity contribution in [3.63, 3.8) is 0 Å². The molecule has 0 bridgehead atoms. The fourth-order valence-corrected chi connectivity index (χ4v) is 4.02. The molecular weight excluding hydrogens is 340 g/mol. The van der Waals surface area contributed by atoms with Crippen molar-refractivity contribution in [3.8, 4) is 0 Å². The molecule has 0 aliphatic heterocycles. The second-order valence-electron chi connectivity index (χ2n) is 8.36. The molecule has 2 rings (SSSR count). The summed E-state index contributed by atoms with van der Waals surface area (Å²) in [6.07, 6.45) is 25.1. The Labute approximate surface area is 173 Å². The second kappa shape index (κ2) is 15.4. The van der Waals surface area contributed by atoms with Crippen molar-refractivity contribution in [3.05, 3.63) is 54.1 Å². The smallest absolute Gasteiger partial charge is 0.247 e. The molecule has 28 heavy (non-hydrogen) atoms. The van der Waals surface area contributed by atoms with Crippen LogP contribution in [0.15, 0.2) is 42.7 Å². The third-order valence-corrected chi connectivity index (χ3v) is 5.82. The number of benzene rings is 1. The maximum absolute atomic E-state index is 3.42. The van der Waals surface area contributed by atoms with E-state index in [1.807, 2.05) is 0 Å². The largest absolute Gasteiger partial charge is 0.258 e.